The standard InChI is InChI=1S/C16H28ClN3/c1-3-14-16(17)15(20(4-2)19-14)12-18-13-10-8-6-5-7-9-11-13/h13,18H,3-12H2,1-2H3. The molecule has 0 aromatic carbocycles. The Morgan fingerprint density at radius 3 is 2.40 bits per heavy atom. The molecule has 1 aromatic rings. The van der Waals surface area contributed by atoms with Crippen molar-refractivity contribution in [3.05, 3.63) is 16.4 Å². The van der Waals surface area contributed by atoms with Gasteiger partial charge in [0.15, 0.2) is 0 Å². The van der Waals surface area contributed by atoms with E-state index in [9.17, 15) is 0 Å². The third kappa shape index (κ3) is 3.98. The molecule has 114 valence electrons. The Labute approximate surface area is 128 Å². The first-order chi connectivity index (χ1) is 9.76. The highest BCUT2D eigenvalue weighted by Gasteiger charge is 2.16. The SMILES string of the molecule is CCc1nn(CC)c(CNC2CCCCCCC2)c1Cl. The number of halogens is 1. The molecule has 0 aliphatic heterocycles. The minimum absolute atomic E-state index is 0.650. The van der Waals surface area contributed by atoms with Crippen LogP contribution in [-0.4, -0.2) is 15.8 Å². The van der Waals surface area contributed by atoms with Crippen LogP contribution in [0.25, 0.3) is 0 Å². The summed E-state index contributed by atoms with van der Waals surface area (Å²) in [5.74, 6) is 0. The van der Waals surface area contributed by atoms with Crippen LogP contribution in [0.2, 0.25) is 5.02 Å². The smallest absolute Gasteiger partial charge is 0.0863 e. The Kier molecular flexibility index (Phi) is 6.37. The lowest BCUT2D eigenvalue weighted by molar-refractivity contribution is 0.384. The van der Waals surface area contributed by atoms with Gasteiger partial charge in [0, 0.05) is 19.1 Å². The predicted molar refractivity (Wildman–Crippen MR) is 85.2 cm³/mol. The lowest BCUT2D eigenvalue weighted by atomic mass is 9.97. The summed E-state index contributed by atoms with van der Waals surface area (Å²) in [6.45, 7) is 5.98. The third-order valence-electron chi connectivity index (χ3n) is 4.36. The Balaban J connectivity index is 1.96. The molecule has 1 aliphatic rings. The Bertz CT molecular complexity index is 406. The van der Waals surface area contributed by atoms with Gasteiger partial charge in [-0.25, -0.2) is 0 Å². The molecule has 1 aliphatic carbocycles. The van der Waals surface area contributed by atoms with E-state index in [-0.39, 0.29) is 0 Å². The average Bonchev–Trinajstić information content (AvgIpc) is 2.73. The molecule has 0 saturated heterocycles. The van der Waals surface area contributed by atoms with Crippen molar-refractivity contribution >= 4 is 11.6 Å². The van der Waals surface area contributed by atoms with Crippen LogP contribution in [0.4, 0.5) is 0 Å². The summed E-state index contributed by atoms with van der Waals surface area (Å²) in [6, 6.07) is 0.650. The predicted octanol–water partition coefficient (Wildman–Crippen LogP) is 4.32. The van der Waals surface area contributed by atoms with E-state index >= 15 is 0 Å². The zero-order valence-electron chi connectivity index (χ0n) is 12.9. The minimum atomic E-state index is 0.650. The Hall–Kier alpha value is -0.540. The van der Waals surface area contributed by atoms with E-state index < -0.39 is 0 Å². The highest BCUT2D eigenvalue weighted by Crippen LogP contribution is 2.23. The summed E-state index contributed by atoms with van der Waals surface area (Å²) in [5, 5.41) is 9.17. The van der Waals surface area contributed by atoms with E-state index in [0.29, 0.717) is 6.04 Å². The molecule has 4 heteroatoms. The summed E-state index contributed by atoms with van der Waals surface area (Å²) in [4.78, 5) is 0. The number of nitrogens with one attached hydrogen (secondary N) is 1. The number of rotatable bonds is 5. The fourth-order valence-electron chi connectivity index (χ4n) is 3.09. The normalized spacial score (nSPS) is 17.9. The second-order valence-corrected chi connectivity index (χ2v) is 6.18. The molecule has 0 unspecified atom stereocenters. The quantitative estimate of drug-likeness (QED) is 0.877. The van der Waals surface area contributed by atoms with Crippen LogP contribution in [0.1, 0.15) is 70.2 Å². The largest absolute Gasteiger partial charge is 0.308 e. The van der Waals surface area contributed by atoms with Gasteiger partial charge < -0.3 is 5.32 Å². The van der Waals surface area contributed by atoms with E-state index in [4.69, 9.17) is 11.6 Å². The van der Waals surface area contributed by atoms with Crippen molar-refractivity contribution in [1.29, 1.82) is 0 Å². The van der Waals surface area contributed by atoms with Gasteiger partial charge in [0.05, 0.1) is 16.4 Å². The van der Waals surface area contributed by atoms with E-state index in [1.54, 1.807) is 0 Å². The highest BCUT2D eigenvalue weighted by molar-refractivity contribution is 6.31. The van der Waals surface area contributed by atoms with Crippen LogP contribution in [0, 0.1) is 0 Å². The van der Waals surface area contributed by atoms with Gasteiger partial charge in [-0.1, -0.05) is 50.6 Å². The number of nitrogens with zero attached hydrogens (tertiary/aromatic N) is 2. The first-order valence-electron chi connectivity index (χ1n) is 8.23. The molecule has 20 heavy (non-hydrogen) atoms. The molecule has 0 radical (unpaired) electrons. The maximum atomic E-state index is 6.46. The highest BCUT2D eigenvalue weighted by atomic mass is 35.5. The summed E-state index contributed by atoms with van der Waals surface area (Å²) in [6.07, 6.45) is 10.4. The second kappa shape index (κ2) is 8.04. The molecule has 2 rings (SSSR count). The van der Waals surface area contributed by atoms with E-state index in [0.717, 1.165) is 35.9 Å². The topological polar surface area (TPSA) is 29.9 Å². The molecule has 0 amide bonds. The Morgan fingerprint density at radius 1 is 1.15 bits per heavy atom. The van der Waals surface area contributed by atoms with Crippen LogP contribution in [-0.2, 0) is 19.5 Å². The first kappa shape index (κ1) is 15.8. The maximum absolute atomic E-state index is 6.46. The van der Waals surface area contributed by atoms with Crippen molar-refractivity contribution in [2.75, 3.05) is 0 Å². The van der Waals surface area contributed by atoms with E-state index in [1.807, 2.05) is 0 Å². The number of hydrogen-bond acceptors (Lipinski definition) is 2. The van der Waals surface area contributed by atoms with Crippen LogP contribution in [0.5, 0.6) is 0 Å². The van der Waals surface area contributed by atoms with Gasteiger partial charge in [-0.15, -0.1) is 0 Å². The van der Waals surface area contributed by atoms with Crippen molar-refractivity contribution in [2.45, 2.75) is 84.3 Å². The molecule has 3 nitrogen and oxygen atoms in total. The summed E-state index contributed by atoms with van der Waals surface area (Å²) in [5.41, 5.74) is 2.19. The van der Waals surface area contributed by atoms with E-state index in [2.05, 4.69) is 28.9 Å². The van der Waals surface area contributed by atoms with E-state index in [1.165, 1.54) is 44.9 Å². The van der Waals surface area contributed by atoms with Crippen LogP contribution in [0.3, 0.4) is 0 Å². The molecule has 1 heterocycles. The third-order valence-corrected chi connectivity index (χ3v) is 4.79. The maximum Gasteiger partial charge on any atom is 0.0863 e. The van der Waals surface area contributed by atoms with Gasteiger partial charge in [0.25, 0.3) is 0 Å². The van der Waals surface area contributed by atoms with Crippen LogP contribution in [0.15, 0.2) is 0 Å². The first-order valence-corrected chi connectivity index (χ1v) is 8.61. The Morgan fingerprint density at radius 2 is 1.80 bits per heavy atom. The summed E-state index contributed by atoms with van der Waals surface area (Å²) in [7, 11) is 0. The van der Waals surface area contributed by atoms with Gasteiger partial charge in [-0.2, -0.15) is 5.10 Å². The molecule has 0 spiro atoms. The average molecular weight is 298 g/mol. The van der Waals surface area contributed by atoms with Gasteiger partial charge in [-0.3, -0.25) is 4.68 Å². The van der Waals surface area contributed by atoms with Crippen LogP contribution < -0.4 is 5.32 Å². The number of hydrogen-bond donors (Lipinski definition) is 1. The van der Waals surface area contributed by atoms with Crippen molar-refractivity contribution < 1.29 is 0 Å². The fourth-order valence-corrected chi connectivity index (χ4v) is 3.42. The van der Waals surface area contributed by atoms with Gasteiger partial charge >= 0.3 is 0 Å². The minimum Gasteiger partial charge on any atom is -0.308 e. The molecule has 1 saturated carbocycles. The lowest BCUT2D eigenvalue weighted by Crippen LogP contribution is -2.30. The van der Waals surface area contributed by atoms with Gasteiger partial charge in [-0.05, 0) is 26.2 Å². The summed E-state index contributed by atoms with van der Waals surface area (Å²) >= 11 is 6.46. The molecule has 0 atom stereocenters. The van der Waals surface area contributed by atoms with Crippen molar-refractivity contribution in [1.82, 2.24) is 15.1 Å². The molecule has 0 bridgehead atoms. The molecule has 1 aromatic heterocycles. The van der Waals surface area contributed by atoms with Gasteiger partial charge in [0.1, 0.15) is 0 Å². The lowest BCUT2D eigenvalue weighted by Gasteiger charge is -2.21. The second-order valence-electron chi connectivity index (χ2n) is 5.80. The zero-order valence-corrected chi connectivity index (χ0v) is 13.7. The molecule has 1 fully saturated rings. The summed E-state index contributed by atoms with van der Waals surface area (Å²) < 4.78 is 2.05. The molecular formula is C16H28ClN3. The van der Waals surface area contributed by atoms with Gasteiger partial charge in [0.2, 0.25) is 0 Å². The monoisotopic (exact) mass is 297 g/mol. The fraction of sp³-hybridized carbons (Fsp3) is 0.812. The molecule has 1 N–H and O–H groups in total. The van der Waals surface area contributed by atoms with Crippen LogP contribution >= 0.6 is 11.6 Å². The number of aryl methyl sites for hydroxylation is 2. The van der Waals surface area contributed by atoms with Crippen molar-refractivity contribution in [2.24, 2.45) is 0 Å². The number of aromatic nitrogens is 2. The van der Waals surface area contributed by atoms with Crippen molar-refractivity contribution in [3.8, 4) is 0 Å². The zero-order chi connectivity index (χ0) is 14.4. The van der Waals surface area contributed by atoms with Crippen molar-refractivity contribution in [3.63, 3.8) is 0 Å². The molecular weight excluding hydrogens is 270 g/mol.